The monoisotopic (exact) mass is 285 g/mol. The molecule has 0 unspecified atom stereocenters. The lowest BCUT2D eigenvalue weighted by Crippen LogP contribution is -2.26. The summed E-state index contributed by atoms with van der Waals surface area (Å²) in [6, 6.07) is 7.24. The zero-order valence-electron chi connectivity index (χ0n) is 10.0. The summed E-state index contributed by atoms with van der Waals surface area (Å²) in [6.07, 6.45) is 0. The zero-order valence-corrected chi connectivity index (χ0v) is 10.8. The molecule has 0 aliphatic carbocycles. The van der Waals surface area contributed by atoms with Gasteiger partial charge < -0.3 is 10.1 Å². The highest BCUT2D eigenvalue weighted by atomic mass is 32.1. The lowest BCUT2D eigenvalue weighted by molar-refractivity contribution is -0.118. The number of aromatic nitrogens is 4. The number of carbonyl (C=O) groups excluding carboxylic acids is 1. The van der Waals surface area contributed by atoms with Crippen molar-refractivity contribution in [3.05, 3.63) is 24.3 Å². The molecule has 0 radical (unpaired) electrons. The summed E-state index contributed by atoms with van der Waals surface area (Å²) < 4.78 is 9.12. The van der Waals surface area contributed by atoms with Gasteiger partial charge in [-0.2, -0.15) is 0 Å². The number of pyridine rings is 2. The van der Waals surface area contributed by atoms with Crippen LogP contribution >= 0.6 is 11.5 Å². The molecule has 4 rings (SSSR count). The topological polar surface area (TPSA) is 89.9 Å². The predicted molar refractivity (Wildman–Crippen MR) is 72.6 cm³/mol. The van der Waals surface area contributed by atoms with Gasteiger partial charge >= 0.3 is 0 Å². The highest BCUT2D eigenvalue weighted by molar-refractivity contribution is 7.12. The van der Waals surface area contributed by atoms with Crippen molar-refractivity contribution < 1.29 is 9.53 Å². The summed E-state index contributed by atoms with van der Waals surface area (Å²) >= 11 is 1.23. The van der Waals surface area contributed by atoms with Gasteiger partial charge in [-0.1, -0.05) is 4.49 Å². The summed E-state index contributed by atoms with van der Waals surface area (Å²) in [5, 5.41) is 6.62. The highest BCUT2D eigenvalue weighted by Gasteiger charge is 2.18. The van der Waals surface area contributed by atoms with Crippen LogP contribution in [0, 0.1) is 0 Å². The molecule has 3 aromatic heterocycles. The maximum Gasteiger partial charge on any atom is 0.263 e. The van der Waals surface area contributed by atoms with E-state index in [4.69, 9.17) is 4.74 Å². The summed E-state index contributed by atoms with van der Waals surface area (Å²) in [5.74, 6) is 0.772. The van der Waals surface area contributed by atoms with E-state index in [0.29, 0.717) is 23.0 Å². The lowest BCUT2D eigenvalue weighted by Gasteiger charge is -2.17. The van der Waals surface area contributed by atoms with Crippen molar-refractivity contribution in [2.75, 3.05) is 11.9 Å². The molecule has 0 aromatic carbocycles. The quantitative estimate of drug-likeness (QED) is 0.728. The maximum absolute atomic E-state index is 11.3. The van der Waals surface area contributed by atoms with Crippen LogP contribution in [0.2, 0.25) is 0 Å². The fourth-order valence-electron chi connectivity index (χ4n) is 1.93. The smallest absolute Gasteiger partial charge is 0.263 e. The van der Waals surface area contributed by atoms with Gasteiger partial charge in [0.2, 0.25) is 0 Å². The van der Waals surface area contributed by atoms with Crippen molar-refractivity contribution in [1.29, 1.82) is 0 Å². The van der Waals surface area contributed by atoms with E-state index in [1.807, 2.05) is 12.1 Å². The molecule has 7 nitrogen and oxygen atoms in total. The molecule has 1 aliphatic heterocycles. The normalized spacial score (nSPS) is 13.7. The number of anilines is 1. The Morgan fingerprint density at radius 2 is 2.00 bits per heavy atom. The second-order valence-electron chi connectivity index (χ2n) is 4.17. The molecule has 1 N–H and O–H groups in total. The van der Waals surface area contributed by atoms with Crippen molar-refractivity contribution in [3.63, 3.8) is 0 Å². The molecule has 3 aromatic rings. The van der Waals surface area contributed by atoms with Gasteiger partial charge in [0.25, 0.3) is 5.91 Å². The van der Waals surface area contributed by atoms with E-state index in [1.54, 1.807) is 12.1 Å². The molecule has 0 spiro atoms. The van der Waals surface area contributed by atoms with Crippen molar-refractivity contribution in [1.82, 2.24) is 19.6 Å². The molecule has 1 aliphatic rings. The Morgan fingerprint density at radius 3 is 2.95 bits per heavy atom. The molecule has 0 saturated carbocycles. The van der Waals surface area contributed by atoms with E-state index in [-0.39, 0.29) is 12.5 Å². The Bertz CT molecular complexity index is 832. The summed E-state index contributed by atoms with van der Waals surface area (Å²) in [6.45, 7) is 0.0186. The molecule has 98 valence electrons. The third-order valence-corrected chi connectivity index (χ3v) is 3.49. The minimum atomic E-state index is -0.211. The predicted octanol–water partition coefficient (Wildman–Crippen LogP) is 1.48. The Balaban J connectivity index is 1.81. The molecular formula is C12H7N5O2S. The van der Waals surface area contributed by atoms with E-state index in [2.05, 4.69) is 24.9 Å². The summed E-state index contributed by atoms with van der Waals surface area (Å²) in [7, 11) is 0. The highest BCUT2D eigenvalue weighted by Crippen LogP contribution is 2.29. The van der Waals surface area contributed by atoms with Crippen LogP contribution in [0.15, 0.2) is 24.3 Å². The van der Waals surface area contributed by atoms with Gasteiger partial charge in [0, 0.05) is 11.5 Å². The van der Waals surface area contributed by atoms with Crippen LogP contribution in [-0.4, -0.2) is 32.1 Å². The van der Waals surface area contributed by atoms with Crippen LogP contribution in [0.4, 0.5) is 5.82 Å². The average Bonchev–Trinajstić information content (AvgIpc) is 2.93. The Labute approximate surface area is 116 Å². The standard InChI is InChI=1S/C12H7N5O2S/c18-10-5-19-9-4-3-6(13-11(9)15-10)7-1-2-8-12(14-7)20-17-16-8/h1-4H,5H2,(H,13,15,18). The van der Waals surface area contributed by atoms with Gasteiger partial charge in [0.05, 0.1) is 11.4 Å². The first-order valence-corrected chi connectivity index (χ1v) is 6.60. The van der Waals surface area contributed by atoms with Crippen LogP contribution in [0.5, 0.6) is 5.75 Å². The average molecular weight is 285 g/mol. The van der Waals surface area contributed by atoms with Gasteiger partial charge in [0.15, 0.2) is 23.0 Å². The van der Waals surface area contributed by atoms with E-state index < -0.39 is 0 Å². The Kier molecular flexibility index (Phi) is 2.36. The maximum atomic E-state index is 11.3. The number of nitrogens with zero attached hydrogens (tertiary/aromatic N) is 4. The fourth-order valence-corrected chi connectivity index (χ4v) is 2.48. The van der Waals surface area contributed by atoms with E-state index in [1.165, 1.54) is 11.5 Å². The minimum absolute atomic E-state index is 0.0186. The molecule has 0 atom stereocenters. The van der Waals surface area contributed by atoms with Crippen LogP contribution in [-0.2, 0) is 4.79 Å². The Morgan fingerprint density at radius 1 is 1.15 bits per heavy atom. The summed E-state index contributed by atoms with van der Waals surface area (Å²) in [4.78, 5) is 20.9. The second kappa shape index (κ2) is 4.20. The van der Waals surface area contributed by atoms with E-state index >= 15 is 0 Å². The number of nitrogens with one attached hydrogen (secondary N) is 1. The largest absolute Gasteiger partial charge is 0.480 e. The molecular weight excluding hydrogens is 278 g/mol. The number of hydrogen-bond acceptors (Lipinski definition) is 7. The van der Waals surface area contributed by atoms with Crippen LogP contribution < -0.4 is 10.1 Å². The van der Waals surface area contributed by atoms with Crippen LogP contribution in [0.3, 0.4) is 0 Å². The summed E-state index contributed by atoms with van der Waals surface area (Å²) in [5.41, 5.74) is 2.12. The fraction of sp³-hybridized carbons (Fsp3) is 0.0833. The van der Waals surface area contributed by atoms with E-state index in [9.17, 15) is 4.79 Å². The van der Waals surface area contributed by atoms with Crippen molar-refractivity contribution in [3.8, 4) is 17.1 Å². The molecule has 20 heavy (non-hydrogen) atoms. The lowest BCUT2D eigenvalue weighted by atomic mass is 10.2. The van der Waals surface area contributed by atoms with E-state index in [0.717, 1.165) is 10.3 Å². The molecule has 4 heterocycles. The van der Waals surface area contributed by atoms with Crippen molar-refractivity contribution in [2.24, 2.45) is 0 Å². The number of ether oxygens (including phenoxy) is 1. The van der Waals surface area contributed by atoms with Gasteiger partial charge in [-0.15, -0.1) is 5.10 Å². The zero-order chi connectivity index (χ0) is 13.5. The molecule has 8 heteroatoms. The number of rotatable bonds is 1. The third kappa shape index (κ3) is 1.77. The third-order valence-electron chi connectivity index (χ3n) is 2.85. The molecule has 0 bridgehead atoms. The molecule has 0 saturated heterocycles. The van der Waals surface area contributed by atoms with Gasteiger partial charge in [-0.05, 0) is 24.3 Å². The van der Waals surface area contributed by atoms with Gasteiger partial charge in [-0.3, -0.25) is 4.79 Å². The number of amides is 1. The molecule has 0 fully saturated rings. The first kappa shape index (κ1) is 11.2. The first-order chi connectivity index (χ1) is 9.79. The van der Waals surface area contributed by atoms with Gasteiger partial charge in [0.1, 0.15) is 5.52 Å². The number of fused-ring (bicyclic) bond motifs is 2. The number of carbonyl (C=O) groups is 1. The Hall–Kier alpha value is -2.61. The van der Waals surface area contributed by atoms with Crippen molar-refractivity contribution in [2.45, 2.75) is 0 Å². The first-order valence-electron chi connectivity index (χ1n) is 5.83. The van der Waals surface area contributed by atoms with Crippen LogP contribution in [0.1, 0.15) is 0 Å². The number of hydrogen-bond donors (Lipinski definition) is 1. The minimum Gasteiger partial charge on any atom is -0.480 e. The van der Waals surface area contributed by atoms with Gasteiger partial charge in [-0.25, -0.2) is 9.97 Å². The second-order valence-corrected chi connectivity index (χ2v) is 4.91. The molecule has 1 amide bonds. The SMILES string of the molecule is O=C1COc2ccc(-c3ccc4nnsc4n3)nc2N1. The van der Waals surface area contributed by atoms with Crippen molar-refractivity contribution >= 4 is 33.6 Å². The van der Waals surface area contributed by atoms with Crippen LogP contribution in [0.25, 0.3) is 21.7 Å².